The highest BCUT2D eigenvalue weighted by Gasteiger charge is 2.13. The lowest BCUT2D eigenvalue weighted by atomic mass is 10.2. The lowest BCUT2D eigenvalue weighted by Crippen LogP contribution is -2.33. The van der Waals surface area contributed by atoms with E-state index in [2.05, 4.69) is 0 Å². The molecule has 0 atom stereocenters. The highest BCUT2D eigenvalue weighted by Crippen LogP contribution is 2.09. The van der Waals surface area contributed by atoms with Crippen LogP contribution in [-0.4, -0.2) is 43.1 Å². The number of carbonyl (C=O) groups is 2. The van der Waals surface area contributed by atoms with Crippen LogP contribution in [0.1, 0.15) is 33.1 Å². The second-order valence-electron chi connectivity index (χ2n) is 4.79. The first kappa shape index (κ1) is 18.0. The van der Waals surface area contributed by atoms with Gasteiger partial charge in [-0.05, 0) is 32.4 Å². The third kappa shape index (κ3) is 7.11. The van der Waals surface area contributed by atoms with E-state index in [1.54, 1.807) is 11.8 Å². The second-order valence-corrected chi connectivity index (χ2v) is 4.79. The summed E-state index contributed by atoms with van der Waals surface area (Å²) in [5, 5.41) is 0. The molecule has 1 aromatic rings. The van der Waals surface area contributed by atoms with Gasteiger partial charge in [0.2, 0.25) is 5.91 Å². The fourth-order valence-corrected chi connectivity index (χ4v) is 2.01. The smallest absolute Gasteiger partial charge is 0.307 e. The Morgan fingerprint density at radius 3 is 2.45 bits per heavy atom. The van der Waals surface area contributed by atoms with Gasteiger partial charge in [0, 0.05) is 19.5 Å². The quantitative estimate of drug-likeness (QED) is 0.492. The molecule has 0 radical (unpaired) electrons. The van der Waals surface area contributed by atoms with Crippen LogP contribution in [0.15, 0.2) is 30.3 Å². The third-order valence-corrected chi connectivity index (χ3v) is 3.17. The first-order chi connectivity index (χ1) is 10.7. The largest absolute Gasteiger partial charge is 0.494 e. The van der Waals surface area contributed by atoms with Crippen molar-refractivity contribution in [3.8, 4) is 5.75 Å². The Morgan fingerprint density at radius 1 is 1.09 bits per heavy atom. The fraction of sp³-hybridized carbons (Fsp3) is 0.529. The van der Waals surface area contributed by atoms with E-state index in [4.69, 9.17) is 9.47 Å². The highest BCUT2D eigenvalue weighted by molar-refractivity contribution is 5.77. The number of amides is 1. The Bertz CT molecular complexity index is 447. The number of nitrogens with zero attached hydrogens (tertiary/aromatic N) is 1. The van der Waals surface area contributed by atoms with Crippen molar-refractivity contribution < 1.29 is 19.1 Å². The molecule has 0 aromatic heterocycles. The molecular formula is C17H25NO4. The molecule has 5 nitrogen and oxygen atoms in total. The SMILES string of the molecule is CCOC(=O)CCN(CC)C(=O)CCCOc1ccccc1. The monoisotopic (exact) mass is 307 g/mol. The Hall–Kier alpha value is -2.04. The van der Waals surface area contributed by atoms with Crippen molar-refractivity contribution in [3.05, 3.63) is 30.3 Å². The summed E-state index contributed by atoms with van der Waals surface area (Å²) in [5.74, 6) is 0.592. The average molecular weight is 307 g/mol. The van der Waals surface area contributed by atoms with Gasteiger partial charge in [0.1, 0.15) is 5.75 Å². The molecule has 0 bridgehead atoms. The number of benzene rings is 1. The van der Waals surface area contributed by atoms with Crippen molar-refractivity contribution in [2.24, 2.45) is 0 Å². The van der Waals surface area contributed by atoms with E-state index in [0.29, 0.717) is 39.1 Å². The van der Waals surface area contributed by atoms with Gasteiger partial charge in [-0.3, -0.25) is 9.59 Å². The van der Waals surface area contributed by atoms with Gasteiger partial charge < -0.3 is 14.4 Å². The maximum Gasteiger partial charge on any atom is 0.307 e. The van der Waals surface area contributed by atoms with Crippen LogP contribution in [0, 0.1) is 0 Å². The molecule has 1 rings (SSSR count). The topological polar surface area (TPSA) is 55.8 Å². The van der Waals surface area contributed by atoms with E-state index in [9.17, 15) is 9.59 Å². The zero-order valence-corrected chi connectivity index (χ0v) is 13.4. The van der Waals surface area contributed by atoms with Crippen molar-refractivity contribution in [1.29, 1.82) is 0 Å². The van der Waals surface area contributed by atoms with Crippen LogP contribution in [0.3, 0.4) is 0 Å². The van der Waals surface area contributed by atoms with E-state index < -0.39 is 0 Å². The molecule has 0 heterocycles. The number of hydrogen-bond acceptors (Lipinski definition) is 4. The number of esters is 1. The molecule has 0 aliphatic carbocycles. The van der Waals surface area contributed by atoms with Gasteiger partial charge >= 0.3 is 5.97 Å². The predicted octanol–water partition coefficient (Wildman–Crippen LogP) is 2.65. The minimum Gasteiger partial charge on any atom is -0.494 e. The summed E-state index contributed by atoms with van der Waals surface area (Å²) in [6, 6.07) is 9.53. The van der Waals surface area contributed by atoms with E-state index in [1.807, 2.05) is 37.3 Å². The number of hydrogen-bond donors (Lipinski definition) is 0. The molecule has 122 valence electrons. The normalized spacial score (nSPS) is 10.1. The average Bonchev–Trinajstić information content (AvgIpc) is 2.53. The van der Waals surface area contributed by atoms with Crippen molar-refractivity contribution in [2.45, 2.75) is 33.1 Å². The maximum absolute atomic E-state index is 12.1. The Morgan fingerprint density at radius 2 is 1.82 bits per heavy atom. The van der Waals surface area contributed by atoms with Crippen LogP contribution >= 0.6 is 0 Å². The molecule has 0 unspecified atom stereocenters. The predicted molar refractivity (Wildman–Crippen MR) is 84.7 cm³/mol. The molecule has 0 N–H and O–H groups in total. The van der Waals surface area contributed by atoms with Gasteiger partial charge in [0.25, 0.3) is 0 Å². The van der Waals surface area contributed by atoms with E-state index >= 15 is 0 Å². The zero-order valence-electron chi connectivity index (χ0n) is 13.4. The van der Waals surface area contributed by atoms with Crippen LogP contribution in [-0.2, 0) is 14.3 Å². The van der Waals surface area contributed by atoms with E-state index in [1.165, 1.54) is 0 Å². The molecule has 1 amide bonds. The second kappa shape index (κ2) is 10.7. The first-order valence-electron chi connectivity index (χ1n) is 7.78. The van der Waals surface area contributed by atoms with Gasteiger partial charge in [-0.25, -0.2) is 0 Å². The van der Waals surface area contributed by atoms with Gasteiger partial charge in [-0.1, -0.05) is 18.2 Å². The summed E-state index contributed by atoms with van der Waals surface area (Å²) in [5.41, 5.74) is 0. The van der Waals surface area contributed by atoms with Crippen LogP contribution in [0.4, 0.5) is 0 Å². The van der Waals surface area contributed by atoms with Crippen LogP contribution in [0.2, 0.25) is 0 Å². The molecule has 0 saturated heterocycles. The third-order valence-electron chi connectivity index (χ3n) is 3.17. The summed E-state index contributed by atoms with van der Waals surface area (Å²) in [4.78, 5) is 25.1. The molecule has 5 heteroatoms. The van der Waals surface area contributed by atoms with Crippen LogP contribution in [0.5, 0.6) is 5.75 Å². The Kier molecular flexibility index (Phi) is 8.72. The highest BCUT2D eigenvalue weighted by atomic mass is 16.5. The van der Waals surface area contributed by atoms with Crippen LogP contribution < -0.4 is 4.74 Å². The number of carbonyl (C=O) groups excluding carboxylic acids is 2. The van der Waals surface area contributed by atoms with Gasteiger partial charge in [0.05, 0.1) is 19.6 Å². The lowest BCUT2D eigenvalue weighted by molar-refractivity contribution is -0.144. The zero-order chi connectivity index (χ0) is 16.2. The van der Waals surface area contributed by atoms with E-state index in [0.717, 1.165) is 5.75 Å². The van der Waals surface area contributed by atoms with Gasteiger partial charge in [-0.2, -0.15) is 0 Å². The first-order valence-corrected chi connectivity index (χ1v) is 7.78. The number of ether oxygens (including phenoxy) is 2. The standard InChI is InChI=1S/C17H25NO4/c1-3-18(13-12-17(20)21-4-2)16(19)11-8-14-22-15-9-6-5-7-10-15/h5-7,9-10H,3-4,8,11-14H2,1-2H3. The maximum atomic E-state index is 12.1. The fourth-order valence-electron chi connectivity index (χ4n) is 2.01. The summed E-state index contributed by atoms with van der Waals surface area (Å²) in [6.45, 7) is 5.56. The summed E-state index contributed by atoms with van der Waals surface area (Å²) in [7, 11) is 0. The molecule has 0 aliphatic heterocycles. The van der Waals surface area contributed by atoms with Crippen LogP contribution in [0.25, 0.3) is 0 Å². The molecule has 0 fully saturated rings. The number of para-hydroxylation sites is 1. The Labute approximate surface area is 132 Å². The van der Waals surface area contributed by atoms with Gasteiger partial charge in [-0.15, -0.1) is 0 Å². The lowest BCUT2D eigenvalue weighted by Gasteiger charge is -2.20. The van der Waals surface area contributed by atoms with Crippen molar-refractivity contribution in [3.63, 3.8) is 0 Å². The van der Waals surface area contributed by atoms with E-state index in [-0.39, 0.29) is 18.3 Å². The van der Waals surface area contributed by atoms with Crippen molar-refractivity contribution in [2.75, 3.05) is 26.3 Å². The van der Waals surface area contributed by atoms with Crippen molar-refractivity contribution >= 4 is 11.9 Å². The molecular weight excluding hydrogens is 282 g/mol. The molecule has 0 spiro atoms. The number of rotatable bonds is 10. The Balaban J connectivity index is 2.22. The molecule has 0 saturated carbocycles. The summed E-state index contributed by atoms with van der Waals surface area (Å²) >= 11 is 0. The minimum absolute atomic E-state index is 0.0449. The summed E-state index contributed by atoms with van der Waals surface area (Å²) < 4.78 is 10.4. The van der Waals surface area contributed by atoms with Crippen molar-refractivity contribution in [1.82, 2.24) is 4.90 Å². The summed E-state index contributed by atoms with van der Waals surface area (Å²) in [6.07, 6.45) is 1.32. The minimum atomic E-state index is -0.263. The molecule has 0 aliphatic rings. The molecule has 1 aromatic carbocycles. The molecule has 22 heavy (non-hydrogen) atoms. The van der Waals surface area contributed by atoms with Gasteiger partial charge in [0.15, 0.2) is 0 Å².